The lowest BCUT2D eigenvalue weighted by Gasteiger charge is -2.29. The van der Waals surface area contributed by atoms with E-state index in [4.69, 9.17) is 23.2 Å². The molecule has 4 rings (SSSR count). The van der Waals surface area contributed by atoms with Gasteiger partial charge < -0.3 is 14.8 Å². The Morgan fingerprint density at radius 3 is 2.73 bits per heavy atom. The van der Waals surface area contributed by atoms with Gasteiger partial charge in [-0.1, -0.05) is 30.1 Å². The van der Waals surface area contributed by atoms with Crippen LogP contribution in [0.2, 0.25) is 10.0 Å². The van der Waals surface area contributed by atoms with E-state index in [1.165, 1.54) is 12.4 Å². The average Bonchev–Trinajstić information content (AvgIpc) is 3.48. The molecule has 2 unspecified atom stereocenters. The van der Waals surface area contributed by atoms with E-state index in [0.717, 1.165) is 25.0 Å². The molecule has 0 spiro atoms. The largest absolute Gasteiger partial charge is 0.365 e. The number of likely N-dealkylation sites (tertiary alicyclic amines) is 2. The number of carbonyl (C=O) groups excluding carboxylic acids is 2. The summed E-state index contributed by atoms with van der Waals surface area (Å²) in [5.74, 6) is -0.364. The Kier molecular flexibility index (Phi) is 5.88. The predicted molar refractivity (Wildman–Crippen MR) is 113 cm³/mol. The van der Waals surface area contributed by atoms with Gasteiger partial charge in [0.2, 0.25) is 5.43 Å². The van der Waals surface area contributed by atoms with Gasteiger partial charge in [0, 0.05) is 38.1 Å². The molecule has 0 radical (unpaired) electrons. The standard InChI is InChI=1S/C20H23Cl2N5O3/c1-2-14-16(22)17(25-24-14)20(30)27-6-3-4-15(27)11-5-7-26(10-11)19(29)12-8-23-9-13(21)18(12)28/h8-9,11,15H,2-7,10H2,1H3,(H,23,28)(H,24,25). The fourth-order valence-electron chi connectivity index (χ4n) is 4.48. The van der Waals surface area contributed by atoms with E-state index in [-0.39, 0.29) is 40.1 Å². The molecule has 4 heterocycles. The van der Waals surface area contributed by atoms with Gasteiger partial charge >= 0.3 is 0 Å². The highest BCUT2D eigenvalue weighted by Gasteiger charge is 2.40. The van der Waals surface area contributed by atoms with Crippen LogP contribution in [0, 0.1) is 5.92 Å². The minimum Gasteiger partial charge on any atom is -0.365 e. The van der Waals surface area contributed by atoms with Gasteiger partial charge in [-0.3, -0.25) is 19.5 Å². The molecule has 2 fully saturated rings. The van der Waals surface area contributed by atoms with Gasteiger partial charge in [-0.15, -0.1) is 0 Å². The molecule has 2 aromatic heterocycles. The molecule has 2 amide bonds. The van der Waals surface area contributed by atoms with Crippen molar-refractivity contribution in [3.63, 3.8) is 0 Å². The zero-order valence-electron chi connectivity index (χ0n) is 16.6. The zero-order valence-corrected chi connectivity index (χ0v) is 18.1. The van der Waals surface area contributed by atoms with Crippen LogP contribution in [0.25, 0.3) is 0 Å². The van der Waals surface area contributed by atoms with Gasteiger partial charge in [-0.25, -0.2) is 0 Å². The Hall–Kier alpha value is -2.32. The highest BCUT2D eigenvalue weighted by atomic mass is 35.5. The van der Waals surface area contributed by atoms with E-state index in [1.54, 1.807) is 4.90 Å². The minimum atomic E-state index is -0.471. The average molecular weight is 452 g/mol. The van der Waals surface area contributed by atoms with Crippen molar-refractivity contribution in [3.05, 3.63) is 49.6 Å². The SMILES string of the molecule is CCc1[nH]nc(C(=O)N2CCCC2C2CCN(C(=O)c3c[nH]cc(Cl)c3=O)C2)c1Cl. The molecule has 2 N–H and O–H groups in total. The van der Waals surface area contributed by atoms with Gasteiger partial charge in [-0.05, 0) is 31.6 Å². The van der Waals surface area contributed by atoms with Crippen molar-refractivity contribution in [1.82, 2.24) is 25.0 Å². The lowest BCUT2D eigenvalue weighted by Crippen LogP contribution is -2.42. The summed E-state index contributed by atoms with van der Waals surface area (Å²) in [5.41, 5.74) is 0.580. The number of rotatable bonds is 4. The summed E-state index contributed by atoms with van der Waals surface area (Å²) in [6, 6.07) is 0.0192. The second-order valence-electron chi connectivity index (χ2n) is 7.77. The minimum absolute atomic E-state index is 0.00788. The van der Waals surface area contributed by atoms with Crippen LogP contribution in [-0.4, -0.2) is 62.5 Å². The summed E-state index contributed by atoms with van der Waals surface area (Å²) >= 11 is 12.2. The second kappa shape index (κ2) is 8.43. The molecule has 2 aliphatic heterocycles. The summed E-state index contributed by atoms with van der Waals surface area (Å²) in [7, 11) is 0. The Labute approximate surface area is 183 Å². The maximum absolute atomic E-state index is 13.1. The number of halogens is 2. The van der Waals surface area contributed by atoms with Crippen LogP contribution in [0.3, 0.4) is 0 Å². The maximum atomic E-state index is 13.1. The fraction of sp³-hybridized carbons (Fsp3) is 0.500. The number of aromatic nitrogens is 3. The van der Waals surface area contributed by atoms with Gasteiger partial charge in [0.05, 0.1) is 10.7 Å². The van der Waals surface area contributed by atoms with Crippen molar-refractivity contribution >= 4 is 35.0 Å². The van der Waals surface area contributed by atoms with Crippen molar-refractivity contribution in [2.75, 3.05) is 19.6 Å². The lowest BCUT2D eigenvalue weighted by molar-refractivity contribution is 0.0675. The van der Waals surface area contributed by atoms with Crippen molar-refractivity contribution in [1.29, 1.82) is 0 Å². The van der Waals surface area contributed by atoms with Crippen LogP contribution >= 0.6 is 23.2 Å². The monoisotopic (exact) mass is 451 g/mol. The van der Waals surface area contributed by atoms with Crippen LogP contribution in [0.1, 0.15) is 52.7 Å². The molecule has 2 saturated heterocycles. The number of H-pyrrole nitrogens is 2. The highest BCUT2D eigenvalue weighted by molar-refractivity contribution is 6.34. The van der Waals surface area contributed by atoms with Gasteiger partial charge in [-0.2, -0.15) is 5.10 Å². The normalized spacial score (nSPS) is 21.4. The van der Waals surface area contributed by atoms with Crippen LogP contribution in [0.4, 0.5) is 0 Å². The van der Waals surface area contributed by atoms with Crippen LogP contribution < -0.4 is 5.43 Å². The van der Waals surface area contributed by atoms with Gasteiger partial charge in [0.1, 0.15) is 10.6 Å². The van der Waals surface area contributed by atoms with Crippen molar-refractivity contribution < 1.29 is 9.59 Å². The molecule has 2 atom stereocenters. The van der Waals surface area contributed by atoms with Crippen molar-refractivity contribution in [3.8, 4) is 0 Å². The Morgan fingerprint density at radius 1 is 1.20 bits per heavy atom. The first kappa shape index (κ1) is 20.9. The first-order valence-corrected chi connectivity index (χ1v) is 10.9. The first-order valence-electron chi connectivity index (χ1n) is 10.1. The number of hydrogen-bond acceptors (Lipinski definition) is 4. The molecule has 0 bridgehead atoms. The number of carbonyl (C=O) groups is 2. The Balaban J connectivity index is 1.48. The number of aryl methyl sites for hydroxylation is 1. The number of pyridine rings is 1. The number of nitrogens with one attached hydrogen (secondary N) is 2. The molecule has 8 nitrogen and oxygen atoms in total. The Bertz CT molecular complexity index is 1030. The molecular weight excluding hydrogens is 429 g/mol. The summed E-state index contributed by atoms with van der Waals surface area (Å²) in [6.07, 6.45) is 5.97. The summed E-state index contributed by atoms with van der Waals surface area (Å²) in [4.78, 5) is 44.4. The van der Waals surface area contributed by atoms with Crippen LogP contribution in [0.5, 0.6) is 0 Å². The van der Waals surface area contributed by atoms with Crippen LogP contribution in [-0.2, 0) is 6.42 Å². The van der Waals surface area contributed by atoms with Crippen LogP contribution in [0.15, 0.2) is 17.2 Å². The molecule has 2 aromatic rings. The molecule has 160 valence electrons. The molecule has 0 aromatic carbocycles. The van der Waals surface area contributed by atoms with E-state index < -0.39 is 5.43 Å². The summed E-state index contributed by atoms with van der Waals surface area (Å²) in [6.45, 7) is 3.62. The van der Waals surface area contributed by atoms with E-state index >= 15 is 0 Å². The Morgan fingerprint density at radius 2 is 2.00 bits per heavy atom. The number of amides is 2. The third kappa shape index (κ3) is 3.63. The fourth-order valence-corrected chi connectivity index (χ4v) is 4.95. The highest BCUT2D eigenvalue weighted by Crippen LogP contribution is 2.33. The van der Waals surface area contributed by atoms with Crippen molar-refractivity contribution in [2.45, 2.75) is 38.6 Å². The van der Waals surface area contributed by atoms with E-state index in [1.807, 2.05) is 11.8 Å². The third-order valence-corrected chi connectivity index (χ3v) is 6.77. The van der Waals surface area contributed by atoms with Gasteiger partial charge in [0.25, 0.3) is 11.8 Å². The third-order valence-electron chi connectivity index (χ3n) is 6.08. The van der Waals surface area contributed by atoms with E-state index in [9.17, 15) is 14.4 Å². The van der Waals surface area contributed by atoms with Gasteiger partial charge in [0.15, 0.2) is 5.69 Å². The summed E-state index contributed by atoms with van der Waals surface area (Å²) < 4.78 is 0. The molecule has 30 heavy (non-hydrogen) atoms. The number of aromatic amines is 2. The first-order chi connectivity index (χ1) is 14.4. The maximum Gasteiger partial charge on any atom is 0.276 e. The number of nitrogens with zero attached hydrogens (tertiary/aromatic N) is 3. The smallest absolute Gasteiger partial charge is 0.276 e. The number of hydrogen-bond donors (Lipinski definition) is 2. The molecule has 0 aliphatic carbocycles. The quantitative estimate of drug-likeness (QED) is 0.745. The molecule has 10 heteroatoms. The molecular formula is C20H23Cl2N5O3. The topological polar surface area (TPSA) is 102 Å². The molecule has 2 aliphatic rings. The summed E-state index contributed by atoms with van der Waals surface area (Å²) in [5, 5.41) is 7.34. The predicted octanol–water partition coefficient (Wildman–Crippen LogP) is 2.73. The van der Waals surface area contributed by atoms with Crippen molar-refractivity contribution in [2.24, 2.45) is 5.92 Å². The lowest BCUT2D eigenvalue weighted by atomic mass is 9.96. The zero-order chi connectivity index (χ0) is 21.4. The second-order valence-corrected chi connectivity index (χ2v) is 8.56. The van der Waals surface area contributed by atoms with E-state index in [0.29, 0.717) is 31.1 Å². The van der Waals surface area contributed by atoms with E-state index in [2.05, 4.69) is 15.2 Å². The molecule has 0 saturated carbocycles.